The third-order valence-corrected chi connectivity index (χ3v) is 5.36. The summed E-state index contributed by atoms with van der Waals surface area (Å²) < 4.78 is 25.6. The fourth-order valence-corrected chi connectivity index (χ4v) is 3.93. The van der Waals surface area contributed by atoms with Crippen LogP contribution in [-0.2, 0) is 14.8 Å². The zero-order chi connectivity index (χ0) is 14.5. The summed E-state index contributed by atoms with van der Waals surface area (Å²) in [5, 5.41) is 2.89. The zero-order valence-corrected chi connectivity index (χ0v) is 13.0. The van der Waals surface area contributed by atoms with Crippen molar-refractivity contribution in [3.05, 3.63) is 0 Å². The fraction of sp³-hybridized carbons (Fsp3) is 0.923. The number of nitrogens with zero attached hydrogens (tertiary/aromatic N) is 1. The molecule has 0 atom stereocenters. The van der Waals surface area contributed by atoms with Gasteiger partial charge in [-0.05, 0) is 33.1 Å². The van der Waals surface area contributed by atoms with E-state index >= 15 is 0 Å². The molecule has 0 aromatic heterocycles. The van der Waals surface area contributed by atoms with Crippen LogP contribution >= 0.6 is 0 Å². The molecule has 112 valence electrons. The molecule has 19 heavy (non-hydrogen) atoms. The van der Waals surface area contributed by atoms with Crippen LogP contribution in [0.4, 0.5) is 0 Å². The van der Waals surface area contributed by atoms with E-state index in [1.54, 1.807) is 4.31 Å². The van der Waals surface area contributed by atoms with Crippen LogP contribution in [0.5, 0.6) is 0 Å². The lowest BCUT2D eigenvalue weighted by Gasteiger charge is -2.30. The van der Waals surface area contributed by atoms with Gasteiger partial charge in [0, 0.05) is 25.0 Å². The summed E-state index contributed by atoms with van der Waals surface area (Å²) in [5.41, 5.74) is 0. The van der Waals surface area contributed by atoms with Gasteiger partial charge in [0.25, 0.3) is 0 Å². The van der Waals surface area contributed by atoms with Crippen molar-refractivity contribution >= 4 is 15.9 Å². The molecule has 1 rings (SSSR count). The molecule has 0 saturated carbocycles. The standard InChI is InChI=1S/C13H26N2O3S/c1-4-5-10-19(17,18)15-8-6-12(7-9-15)13(16)14-11(2)3/h11-12H,4-10H2,1-3H3,(H,14,16). The highest BCUT2D eigenvalue weighted by Crippen LogP contribution is 2.20. The highest BCUT2D eigenvalue weighted by molar-refractivity contribution is 7.89. The number of carbonyl (C=O) groups is 1. The Morgan fingerprint density at radius 2 is 1.89 bits per heavy atom. The maximum Gasteiger partial charge on any atom is 0.223 e. The van der Waals surface area contributed by atoms with E-state index < -0.39 is 10.0 Å². The van der Waals surface area contributed by atoms with Gasteiger partial charge in [0.15, 0.2) is 0 Å². The van der Waals surface area contributed by atoms with Crippen LogP contribution in [0.1, 0.15) is 46.5 Å². The number of carbonyl (C=O) groups excluding carboxylic acids is 1. The second-order valence-electron chi connectivity index (χ2n) is 5.51. The fourth-order valence-electron chi connectivity index (χ4n) is 2.25. The first-order chi connectivity index (χ1) is 8.86. The maximum atomic E-state index is 12.0. The molecule has 1 saturated heterocycles. The second-order valence-corrected chi connectivity index (χ2v) is 7.59. The Kier molecular flexibility index (Phi) is 6.26. The van der Waals surface area contributed by atoms with Gasteiger partial charge in [-0.15, -0.1) is 0 Å². The molecule has 1 amide bonds. The minimum atomic E-state index is -3.12. The van der Waals surface area contributed by atoms with Crippen LogP contribution in [0.15, 0.2) is 0 Å². The predicted octanol–water partition coefficient (Wildman–Crippen LogP) is 1.35. The molecule has 0 unspecified atom stereocenters. The molecule has 0 bridgehead atoms. The van der Waals surface area contributed by atoms with Crippen LogP contribution in [0.3, 0.4) is 0 Å². The first kappa shape index (κ1) is 16.4. The summed E-state index contributed by atoms with van der Waals surface area (Å²) in [6.45, 7) is 6.80. The first-order valence-electron chi connectivity index (χ1n) is 7.15. The quantitative estimate of drug-likeness (QED) is 0.803. The number of hydrogen-bond acceptors (Lipinski definition) is 3. The van der Waals surface area contributed by atoms with Crippen molar-refractivity contribution < 1.29 is 13.2 Å². The van der Waals surface area contributed by atoms with Gasteiger partial charge >= 0.3 is 0 Å². The van der Waals surface area contributed by atoms with E-state index in [1.165, 1.54) is 0 Å². The molecule has 1 aliphatic rings. The number of hydrogen-bond donors (Lipinski definition) is 1. The van der Waals surface area contributed by atoms with Crippen molar-refractivity contribution in [2.45, 2.75) is 52.5 Å². The molecule has 0 radical (unpaired) electrons. The zero-order valence-electron chi connectivity index (χ0n) is 12.2. The molecule has 1 fully saturated rings. The van der Waals surface area contributed by atoms with Gasteiger partial charge in [0.05, 0.1) is 5.75 Å². The number of nitrogens with one attached hydrogen (secondary N) is 1. The Hall–Kier alpha value is -0.620. The first-order valence-corrected chi connectivity index (χ1v) is 8.76. The topological polar surface area (TPSA) is 66.5 Å². The van der Waals surface area contributed by atoms with Gasteiger partial charge in [-0.1, -0.05) is 13.3 Å². The highest BCUT2D eigenvalue weighted by Gasteiger charge is 2.30. The third-order valence-electron chi connectivity index (χ3n) is 3.40. The summed E-state index contributed by atoms with van der Waals surface area (Å²) in [6.07, 6.45) is 2.84. The van der Waals surface area contributed by atoms with Gasteiger partial charge in [0.1, 0.15) is 0 Å². The van der Waals surface area contributed by atoms with Gasteiger partial charge < -0.3 is 5.32 Å². The molecular weight excluding hydrogens is 264 g/mol. The number of piperidine rings is 1. The van der Waals surface area contributed by atoms with Crippen molar-refractivity contribution in [2.75, 3.05) is 18.8 Å². The molecule has 0 aliphatic carbocycles. The molecular formula is C13H26N2O3S. The SMILES string of the molecule is CCCCS(=O)(=O)N1CCC(C(=O)NC(C)C)CC1. The van der Waals surface area contributed by atoms with Gasteiger partial charge in [-0.25, -0.2) is 12.7 Å². The predicted molar refractivity (Wildman–Crippen MR) is 76.3 cm³/mol. The second kappa shape index (κ2) is 7.24. The van der Waals surface area contributed by atoms with Gasteiger partial charge in [0.2, 0.25) is 15.9 Å². The molecule has 1 heterocycles. The lowest BCUT2D eigenvalue weighted by Crippen LogP contribution is -2.44. The van der Waals surface area contributed by atoms with Crippen LogP contribution in [0.25, 0.3) is 0 Å². The van der Waals surface area contributed by atoms with E-state index in [-0.39, 0.29) is 23.6 Å². The van der Waals surface area contributed by atoms with E-state index in [0.717, 1.165) is 6.42 Å². The summed E-state index contributed by atoms with van der Waals surface area (Å²) in [5.74, 6) is 0.243. The molecule has 0 aromatic carbocycles. The molecule has 5 nitrogen and oxygen atoms in total. The average Bonchev–Trinajstić information content (AvgIpc) is 2.36. The molecule has 0 aromatic rings. The summed E-state index contributed by atoms with van der Waals surface area (Å²) in [7, 11) is -3.12. The maximum absolute atomic E-state index is 12.0. The van der Waals surface area contributed by atoms with E-state index in [1.807, 2.05) is 20.8 Å². The van der Waals surface area contributed by atoms with Crippen molar-refractivity contribution in [3.63, 3.8) is 0 Å². The van der Waals surface area contributed by atoms with E-state index in [0.29, 0.717) is 32.4 Å². The Morgan fingerprint density at radius 1 is 1.32 bits per heavy atom. The Labute approximate surface area is 116 Å². The van der Waals surface area contributed by atoms with Crippen molar-refractivity contribution in [1.29, 1.82) is 0 Å². The van der Waals surface area contributed by atoms with Crippen molar-refractivity contribution in [2.24, 2.45) is 5.92 Å². The number of amides is 1. The third kappa shape index (κ3) is 5.10. The molecule has 1 N–H and O–H groups in total. The lowest BCUT2D eigenvalue weighted by molar-refractivity contribution is -0.126. The minimum absolute atomic E-state index is 0.0416. The molecule has 6 heteroatoms. The monoisotopic (exact) mass is 290 g/mol. The Balaban J connectivity index is 2.46. The van der Waals surface area contributed by atoms with Crippen molar-refractivity contribution in [3.8, 4) is 0 Å². The summed E-state index contributed by atoms with van der Waals surface area (Å²) >= 11 is 0. The van der Waals surface area contributed by atoms with E-state index in [9.17, 15) is 13.2 Å². The van der Waals surface area contributed by atoms with Crippen LogP contribution in [-0.4, -0.2) is 43.5 Å². The summed E-state index contributed by atoms with van der Waals surface area (Å²) in [4.78, 5) is 11.9. The van der Waals surface area contributed by atoms with E-state index in [4.69, 9.17) is 0 Å². The average molecular weight is 290 g/mol. The van der Waals surface area contributed by atoms with Crippen LogP contribution in [0.2, 0.25) is 0 Å². The van der Waals surface area contributed by atoms with Gasteiger partial charge in [-0.3, -0.25) is 4.79 Å². The normalized spacial score (nSPS) is 18.7. The van der Waals surface area contributed by atoms with E-state index in [2.05, 4.69) is 5.32 Å². The molecule has 1 aliphatic heterocycles. The van der Waals surface area contributed by atoms with Crippen molar-refractivity contribution in [1.82, 2.24) is 9.62 Å². The number of unbranched alkanes of at least 4 members (excludes halogenated alkanes) is 1. The summed E-state index contributed by atoms with van der Waals surface area (Å²) in [6, 6.07) is 0.138. The smallest absolute Gasteiger partial charge is 0.223 e. The minimum Gasteiger partial charge on any atom is -0.354 e. The lowest BCUT2D eigenvalue weighted by atomic mass is 9.97. The molecule has 0 spiro atoms. The Morgan fingerprint density at radius 3 is 2.37 bits per heavy atom. The van der Waals surface area contributed by atoms with Crippen LogP contribution in [0, 0.1) is 5.92 Å². The number of rotatable bonds is 6. The van der Waals surface area contributed by atoms with Crippen LogP contribution < -0.4 is 5.32 Å². The largest absolute Gasteiger partial charge is 0.354 e. The van der Waals surface area contributed by atoms with Gasteiger partial charge in [-0.2, -0.15) is 0 Å². The number of sulfonamides is 1. The Bertz CT molecular complexity index is 385. The highest BCUT2D eigenvalue weighted by atomic mass is 32.2.